The second-order valence-corrected chi connectivity index (χ2v) is 11.8. The monoisotopic (exact) mass is 596 g/mol. The predicted octanol–water partition coefficient (Wildman–Crippen LogP) is 1.49. The molecule has 0 aromatic heterocycles. The summed E-state index contributed by atoms with van der Waals surface area (Å²) in [5, 5.41) is 8.41. The Balaban J connectivity index is 1.46. The molecule has 4 atom stereocenters. The summed E-state index contributed by atoms with van der Waals surface area (Å²) in [4.78, 5) is 67.0. The van der Waals surface area contributed by atoms with E-state index in [1.54, 1.807) is 45.0 Å². The Kier molecular flexibility index (Phi) is 11.2. The molecule has 234 valence electrons. The number of morpholine rings is 1. The number of nitrogens with zero attached hydrogens (tertiary/aromatic N) is 1. The van der Waals surface area contributed by atoms with Crippen LogP contribution in [0.4, 0.5) is 0 Å². The van der Waals surface area contributed by atoms with Gasteiger partial charge in [0.1, 0.15) is 17.7 Å². The summed E-state index contributed by atoms with van der Waals surface area (Å²) < 4.78 is 10.7. The zero-order valence-corrected chi connectivity index (χ0v) is 25.4. The molecule has 0 bridgehead atoms. The minimum atomic E-state index is -1.03. The number of hydrogen-bond donors (Lipinski definition) is 3. The SMILES string of the molecule is CCC(=O)c1ccc(C[C@H](NC(=O)[C@H](C)NC(=O)CN2CCOCC2)C(=O)N[C@@H](CC2=CCCC2)C(=O)[C@@]2(C)CO2)cc1. The first-order valence-corrected chi connectivity index (χ1v) is 15.3. The van der Waals surface area contributed by atoms with Crippen LogP contribution in [-0.2, 0) is 35.1 Å². The van der Waals surface area contributed by atoms with E-state index in [4.69, 9.17) is 9.47 Å². The molecule has 1 aromatic carbocycles. The lowest BCUT2D eigenvalue weighted by atomic mass is 9.93. The third-order valence-corrected chi connectivity index (χ3v) is 8.24. The number of carbonyl (C=O) groups is 5. The van der Waals surface area contributed by atoms with Crippen molar-refractivity contribution in [1.82, 2.24) is 20.9 Å². The molecule has 3 amide bonds. The minimum Gasteiger partial charge on any atom is -0.379 e. The molecular formula is C32H44N4O7. The van der Waals surface area contributed by atoms with Crippen molar-refractivity contribution >= 4 is 29.3 Å². The van der Waals surface area contributed by atoms with Gasteiger partial charge in [0.2, 0.25) is 17.7 Å². The molecule has 3 N–H and O–H groups in total. The van der Waals surface area contributed by atoms with Gasteiger partial charge in [-0.1, -0.05) is 42.8 Å². The molecule has 11 nitrogen and oxygen atoms in total. The van der Waals surface area contributed by atoms with Crippen molar-refractivity contribution in [3.8, 4) is 0 Å². The van der Waals surface area contributed by atoms with Crippen LogP contribution in [0.25, 0.3) is 0 Å². The summed E-state index contributed by atoms with van der Waals surface area (Å²) in [5.74, 6) is -1.50. The first kappa shape index (κ1) is 32.5. The Hall–Kier alpha value is -3.41. The molecule has 0 radical (unpaired) electrons. The van der Waals surface area contributed by atoms with Crippen LogP contribution in [0, 0.1) is 0 Å². The van der Waals surface area contributed by atoms with Crippen molar-refractivity contribution in [1.29, 1.82) is 0 Å². The Morgan fingerprint density at radius 1 is 0.953 bits per heavy atom. The molecule has 11 heteroatoms. The summed E-state index contributed by atoms with van der Waals surface area (Å²) in [6, 6.07) is 4.21. The number of ketones is 2. The summed E-state index contributed by atoms with van der Waals surface area (Å²) in [6.07, 6.45) is 5.86. The van der Waals surface area contributed by atoms with Gasteiger partial charge in [-0.15, -0.1) is 0 Å². The van der Waals surface area contributed by atoms with Crippen molar-refractivity contribution < 1.29 is 33.4 Å². The van der Waals surface area contributed by atoms with E-state index < -0.39 is 35.5 Å². The van der Waals surface area contributed by atoms with E-state index in [0.717, 1.165) is 30.4 Å². The molecule has 43 heavy (non-hydrogen) atoms. The fourth-order valence-electron chi connectivity index (χ4n) is 5.37. The smallest absolute Gasteiger partial charge is 0.243 e. The van der Waals surface area contributed by atoms with Crippen molar-refractivity contribution in [2.45, 2.75) is 83.0 Å². The van der Waals surface area contributed by atoms with Crippen LogP contribution >= 0.6 is 0 Å². The number of allylic oxidation sites excluding steroid dienone is 1. The van der Waals surface area contributed by atoms with Crippen molar-refractivity contribution in [2.24, 2.45) is 0 Å². The molecule has 0 unspecified atom stereocenters. The van der Waals surface area contributed by atoms with Crippen LogP contribution < -0.4 is 16.0 Å². The standard InChI is InChI=1S/C32H44N4O7/c1-4-27(37)24-11-9-23(10-12-24)18-26(35-30(40)21(2)33-28(38)19-36-13-15-42-16-14-36)31(41)34-25(17-22-7-5-6-8-22)29(39)32(3)20-43-32/h7,9-12,21,25-26H,4-6,8,13-20H2,1-3H3,(H,33,38)(H,34,41)(H,35,40)/t21-,25-,26-,32+/m0/s1. The quantitative estimate of drug-likeness (QED) is 0.157. The first-order chi connectivity index (χ1) is 20.6. The molecule has 0 spiro atoms. The van der Waals surface area contributed by atoms with Gasteiger partial charge in [0.05, 0.1) is 32.4 Å². The summed E-state index contributed by atoms with van der Waals surface area (Å²) >= 11 is 0. The maximum Gasteiger partial charge on any atom is 0.243 e. The summed E-state index contributed by atoms with van der Waals surface area (Å²) in [7, 11) is 0. The van der Waals surface area contributed by atoms with Crippen LogP contribution in [0.5, 0.6) is 0 Å². The number of carbonyl (C=O) groups excluding carboxylic acids is 5. The maximum absolute atomic E-state index is 13.7. The van der Waals surface area contributed by atoms with Gasteiger partial charge in [0, 0.05) is 31.5 Å². The summed E-state index contributed by atoms with van der Waals surface area (Å²) in [6.45, 7) is 7.92. The fourth-order valence-corrected chi connectivity index (χ4v) is 5.37. The molecule has 1 aliphatic carbocycles. The van der Waals surface area contributed by atoms with Gasteiger partial charge in [0.25, 0.3) is 0 Å². The number of hydrogen-bond acceptors (Lipinski definition) is 8. The van der Waals surface area contributed by atoms with E-state index in [2.05, 4.69) is 22.0 Å². The highest BCUT2D eigenvalue weighted by Gasteiger charge is 2.50. The molecule has 1 aromatic rings. The Labute approximate surface area is 253 Å². The molecule has 2 heterocycles. The largest absolute Gasteiger partial charge is 0.379 e. The van der Waals surface area contributed by atoms with Gasteiger partial charge < -0.3 is 25.4 Å². The lowest BCUT2D eigenvalue weighted by Gasteiger charge is -2.27. The molecule has 2 aliphatic heterocycles. The zero-order valence-electron chi connectivity index (χ0n) is 25.4. The highest BCUT2D eigenvalue weighted by Crippen LogP contribution is 2.31. The van der Waals surface area contributed by atoms with Crippen molar-refractivity contribution in [2.75, 3.05) is 39.5 Å². The van der Waals surface area contributed by atoms with Gasteiger partial charge in [0.15, 0.2) is 11.6 Å². The minimum absolute atomic E-state index is 0.00847. The first-order valence-electron chi connectivity index (χ1n) is 15.3. The molecule has 2 fully saturated rings. The fraction of sp³-hybridized carbons (Fsp3) is 0.594. The van der Waals surface area contributed by atoms with Crippen LogP contribution in [0.15, 0.2) is 35.9 Å². The van der Waals surface area contributed by atoms with E-state index in [1.165, 1.54) is 0 Å². The van der Waals surface area contributed by atoms with Crippen LogP contribution in [0.3, 0.4) is 0 Å². The van der Waals surface area contributed by atoms with Crippen LogP contribution in [0.2, 0.25) is 0 Å². The average molecular weight is 597 g/mol. The number of nitrogens with one attached hydrogen (secondary N) is 3. The topological polar surface area (TPSA) is 146 Å². The second kappa shape index (κ2) is 14.9. The highest BCUT2D eigenvalue weighted by atomic mass is 16.6. The van der Waals surface area contributed by atoms with Crippen molar-refractivity contribution in [3.63, 3.8) is 0 Å². The zero-order chi connectivity index (χ0) is 31.0. The van der Waals surface area contributed by atoms with E-state index >= 15 is 0 Å². The van der Waals surface area contributed by atoms with E-state index in [-0.39, 0.29) is 30.4 Å². The Morgan fingerprint density at radius 2 is 1.63 bits per heavy atom. The van der Waals surface area contributed by atoms with Gasteiger partial charge in [-0.2, -0.15) is 0 Å². The van der Waals surface area contributed by atoms with Gasteiger partial charge in [-0.25, -0.2) is 0 Å². The van der Waals surface area contributed by atoms with Crippen LogP contribution in [-0.4, -0.2) is 97.4 Å². The predicted molar refractivity (Wildman–Crippen MR) is 159 cm³/mol. The maximum atomic E-state index is 13.7. The lowest BCUT2D eigenvalue weighted by Crippen LogP contribution is -2.57. The number of amides is 3. The molecule has 0 saturated carbocycles. The third kappa shape index (κ3) is 9.29. The molecule has 3 aliphatic rings. The lowest BCUT2D eigenvalue weighted by molar-refractivity contribution is -0.134. The molecular weight excluding hydrogens is 552 g/mol. The van der Waals surface area contributed by atoms with E-state index in [9.17, 15) is 24.0 Å². The van der Waals surface area contributed by atoms with Crippen molar-refractivity contribution in [3.05, 3.63) is 47.0 Å². The average Bonchev–Trinajstić information content (AvgIpc) is 3.54. The second-order valence-electron chi connectivity index (χ2n) is 11.8. The van der Waals surface area contributed by atoms with Crippen LogP contribution in [0.1, 0.15) is 68.8 Å². The third-order valence-electron chi connectivity index (χ3n) is 8.24. The van der Waals surface area contributed by atoms with Gasteiger partial charge >= 0.3 is 0 Å². The van der Waals surface area contributed by atoms with Gasteiger partial charge in [-0.05, 0) is 45.1 Å². The summed E-state index contributed by atoms with van der Waals surface area (Å²) in [5.41, 5.74) is 1.50. The number of epoxide rings is 1. The number of rotatable bonds is 15. The normalized spacial score (nSPS) is 22.1. The number of benzene rings is 1. The van der Waals surface area contributed by atoms with E-state index in [0.29, 0.717) is 51.3 Å². The molecule has 2 saturated heterocycles. The number of Topliss-reactive ketones (excluding diaryl/α,β-unsaturated/α-hetero) is 2. The number of ether oxygens (including phenoxy) is 2. The Morgan fingerprint density at radius 3 is 2.23 bits per heavy atom. The van der Waals surface area contributed by atoms with Gasteiger partial charge in [-0.3, -0.25) is 28.9 Å². The highest BCUT2D eigenvalue weighted by molar-refractivity contribution is 5.99. The van der Waals surface area contributed by atoms with E-state index in [1.807, 2.05) is 4.90 Å². The molecule has 4 rings (SSSR count). The Bertz CT molecular complexity index is 1220.